The molecule has 0 saturated carbocycles. The second kappa shape index (κ2) is 6.45. The Morgan fingerprint density at radius 2 is 2.15 bits per heavy atom. The van der Waals surface area contributed by atoms with Crippen LogP contribution in [-0.2, 0) is 21.2 Å². The highest BCUT2D eigenvalue weighted by molar-refractivity contribution is 7.90. The van der Waals surface area contributed by atoms with E-state index in [4.69, 9.17) is 16.3 Å². The standard InChI is InChI=1S/C13H16ClNO4S/c14-8-2-1-6-12(16)15-20(17,18)11-5-3-4-10-7-9-19-13(10)11/h3-5H,1-2,6-9H2,(H,15,16). The van der Waals surface area contributed by atoms with Crippen molar-refractivity contribution in [3.05, 3.63) is 23.8 Å². The number of nitrogens with one attached hydrogen (secondary N) is 1. The Bertz CT molecular complexity index is 600. The fourth-order valence-corrected chi connectivity index (χ4v) is 3.43. The van der Waals surface area contributed by atoms with Crippen LogP contribution in [0.2, 0.25) is 0 Å². The second-order valence-corrected chi connectivity index (χ2v) is 6.55. The van der Waals surface area contributed by atoms with Crippen LogP contribution in [0.15, 0.2) is 23.1 Å². The number of hydrogen-bond donors (Lipinski definition) is 1. The molecule has 1 N–H and O–H groups in total. The number of para-hydroxylation sites is 1. The van der Waals surface area contributed by atoms with Crippen molar-refractivity contribution < 1.29 is 17.9 Å². The molecule has 0 unspecified atom stereocenters. The monoisotopic (exact) mass is 317 g/mol. The Morgan fingerprint density at radius 3 is 2.90 bits per heavy atom. The highest BCUT2D eigenvalue weighted by Gasteiger charge is 2.26. The summed E-state index contributed by atoms with van der Waals surface area (Å²) in [6.45, 7) is 0.464. The Morgan fingerprint density at radius 1 is 1.35 bits per heavy atom. The van der Waals surface area contributed by atoms with Crippen molar-refractivity contribution in [1.82, 2.24) is 4.72 Å². The van der Waals surface area contributed by atoms with Crippen molar-refractivity contribution >= 4 is 27.5 Å². The van der Waals surface area contributed by atoms with E-state index in [1.54, 1.807) is 6.07 Å². The summed E-state index contributed by atoms with van der Waals surface area (Å²) in [4.78, 5) is 11.7. The summed E-state index contributed by atoms with van der Waals surface area (Å²) in [5.41, 5.74) is 0.850. The molecule has 0 fully saturated rings. The number of ether oxygens (including phenoxy) is 1. The van der Waals surface area contributed by atoms with Crippen LogP contribution in [0, 0.1) is 0 Å². The molecule has 1 aliphatic heterocycles. The fourth-order valence-electron chi connectivity index (χ4n) is 2.03. The third-order valence-electron chi connectivity index (χ3n) is 3.00. The van der Waals surface area contributed by atoms with Gasteiger partial charge < -0.3 is 4.74 Å². The molecular formula is C13H16ClNO4S. The summed E-state index contributed by atoms with van der Waals surface area (Å²) >= 11 is 5.51. The zero-order chi connectivity index (χ0) is 14.6. The normalized spacial score (nSPS) is 13.7. The van der Waals surface area contributed by atoms with Gasteiger partial charge in [-0.3, -0.25) is 4.79 Å². The molecule has 1 amide bonds. The molecule has 0 aromatic heterocycles. The van der Waals surface area contributed by atoms with Gasteiger partial charge in [0, 0.05) is 18.7 Å². The SMILES string of the molecule is O=C(CCCCCl)NS(=O)(=O)c1cccc2c1OCC2. The summed E-state index contributed by atoms with van der Waals surface area (Å²) in [6, 6.07) is 4.92. The third-order valence-corrected chi connectivity index (χ3v) is 4.67. The van der Waals surface area contributed by atoms with Crippen molar-refractivity contribution in [2.45, 2.75) is 30.6 Å². The number of sulfonamides is 1. The lowest BCUT2D eigenvalue weighted by molar-refractivity contribution is -0.119. The van der Waals surface area contributed by atoms with Crippen molar-refractivity contribution in [2.75, 3.05) is 12.5 Å². The first kappa shape index (κ1) is 15.1. The van der Waals surface area contributed by atoms with Crippen molar-refractivity contribution in [3.63, 3.8) is 0 Å². The number of alkyl halides is 1. The Labute approximate surface area is 123 Å². The molecule has 0 bridgehead atoms. The second-order valence-electron chi connectivity index (χ2n) is 4.52. The number of halogens is 1. The maximum absolute atomic E-state index is 12.2. The van der Waals surface area contributed by atoms with Crippen LogP contribution in [0.3, 0.4) is 0 Å². The fraction of sp³-hybridized carbons (Fsp3) is 0.462. The van der Waals surface area contributed by atoms with Gasteiger partial charge in [0.2, 0.25) is 5.91 Å². The largest absolute Gasteiger partial charge is 0.492 e. The minimum Gasteiger partial charge on any atom is -0.492 e. The lowest BCUT2D eigenvalue weighted by atomic mass is 10.2. The molecule has 0 saturated heterocycles. The van der Waals surface area contributed by atoms with Gasteiger partial charge in [-0.25, -0.2) is 13.1 Å². The molecule has 2 rings (SSSR count). The number of carbonyl (C=O) groups is 1. The van der Waals surface area contributed by atoms with Crippen LogP contribution in [0.5, 0.6) is 5.75 Å². The molecule has 20 heavy (non-hydrogen) atoms. The molecule has 0 spiro atoms. The molecule has 7 heteroatoms. The quantitative estimate of drug-likeness (QED) is 0.642. The lowest BCUT2D eigenvalue weighted by Gasteiger charge is -2.10. The van der Waals surface area contributed by atoms with Gasteiger partial charge in [0.15, 0.2) is 0 Å². The molecule has 1 aromatic carbocycles. The number of amides is 1. The minimum atomic E-state index is -3.88. The highest BCUT2D eigenvalue weighted by atomic mass is 35.5. The van der Waals surface area contributed by atoms with E-state index in [0.29, 0.717) is 37.5 Å². The first-order valence-electron chi connectivity index (χ1n) is 6.41. The average molecular weight is 318 g/mol. The number of unbranched alkanes of at least 4 members (excludes halogenated alkanes) is 1. The van der Waals surface area contributed by atoms with Gasteiger partial charge >= 0.3 is 0 Å². The van der Waals surface area contributed by atoms with Gasteiger partial charge in [0.05, 0.1) is 6.61 Å². The lowest BCUT2D eigenvalue weighted by Crippen LogP contribution is -2.30. The highest BCUT2D eigenvalue weighted by Crippen LogP contribution is 2.32. The first-order valence-corrected chi connectivity index (χ1v) is 8.42. The molecule has 110 valence electrons. The smallest absolute Gasteiger partial charge is 0.267 e. The first-order chi connectivity index (χ1) is 9.54. The summed E-state index contributed by atoms with van der Waals surface area (Å²) in [6.07, 6.45) is 2.07. The van der Waals surface area contributed by atoms with E-state index in [9.17, 15) is 13.2 Å². The van der Waals surface area contributed by atoms with Crippen LogP contribution in [0.1, 0.15) is 24.8 Å². The van der Waals surface area contributed by atoms with Gasteiger partial charge in [-0.05, 0) is 24.5 Å². The van der Waals surface area contributed by atoms with E-state index < -0.39 is 15.9 Å². The predicted molar refractivity (Wildman–Crippen MR) is 75.5 cm³/mol. The van der Waals surface area contributed by atoms with Crippen LogP contribution in [0.25, 0.3) is 0 Å². The maximum Gasteiger partial charge on any atom is 0.267 e. The number of hydrogen-bond acceptors (Lipinski definition) is 4. The molecule has 1 aromatic rings. The van der Waals surface area contributed by atoms with Gasteiger partial charge in [-0.1, -0.05) is 12.1 Å². The van der Waals surface area contributed by atoms with E-state index in [1.807, 2.05) is 6.07 Å². The molecule has 5 nitrogen and oxygen atoms in total. The molecule has 0 radical (unpaired) electrons. The van der Waals surface area contributed by atoms with Crippen LogP contribution < -0.4 is 9.46 Å². The third kappa shape index (κ3) is 3.43. The van der Waals surface area contributed by atoms with Crippen molar-refractivity contribution in [3.8, 4) is 5.75 Å². The number of benzene rings is 1. The van der Waals surface area contributed by atoms with Crippen LogP contribution in [-0.4, -0.2) is 26.8 Å². The van der Waals surface area contributed by atoms with E-state index in [1.165, 1.54) is 6.07 Å². The number of rotatable bonds is 6. The zero-order valence-corrected chi connectivity index (χ0v) is 12.5. The number of fused-ring (bicyclic) bond motifs is 1. The van der Waals surface area contributed by atoms with Crippen LogP contribution in [0.4, 0.5) is 0 Å². The van der Waals surface area contributed by atoms with E-state index >= 15 is 0 Å². The van der Waals surface area contributed by atoms with Gasteiger partial charge in [-0.15, -0.1) is 11.6 Å². The molecular weight excluding hydrogens is 302 g/mol. The molecule has 1 aliphatic rings. The van der Waals surface area contributed by atoms with E-state index in [0.717, 1.165) is 5.56 Å². The summed E-state index contributed by atoms with van der Waals surface area (Å²) in [7, 11) is -3.88. The number of carbonyl (C=O) groups excluding carboxylic acids is 1. The average Bonchev–Trinajstić information content (AvgIpc) is 2.86. The molecule has 1 heterocycles. The van der Waals surface area contributed by atoms with Crippen molar-refractivity contribution in [2.24, 2.45) is 0 Å². The van der Waals surface area contributed by atoms with E-state index in [-0.39, 0.29) is 11.3 Å². The van der Waals surface area contributed by atoms with Crippen LogP contribution >= 0.6 is 11.6 Å². The zero-order valence-electron chi connectivity index (χ0n) is 10.9. The topological polar surface area (TPSA) is 72.5 Å². The Kier molecular flexibility index (Phi) is 4.88. The summed E-state index contributed by atoms with van der Waals surface area (Å²) < 4.78 is 31.8. The molecule has 0 atom stereocenters. The maximum atomic E-state index is 12.2. The minimum absolute atomic E-state index is 0.0261. The predicted octanol–water partition coefficient (Wildman–Crippen LogP) is 1.84. The molecule has 0 aliphatic carbocycles. The van der Waals surface area contributed by atoms with Gasteiger partial charge in [0.25, 0.3) is 10.0 Å². The van der Waals surface area contributed by atoms with Gasteiger partial charge in [-0.2, -0.15) is 0 Å². The van der Waals surface area contributed by atoms with Gasteiger partial charge in [0.1, 0.15) is 10.6 Å². The summed E-state index contributed by atoms with van der Waals surface area (Å²) in [5.74, 6) is 0.291. The van der Waals surface area contributed by atoms with Crippen molar-refractivity contribution in [1.29, 1.82) is 0 Å². The summed E-state index contributed by atoms with van der Waals surface area (Å²) in [5, 5.41) is 0. The van der Waals surface area contributed by atoms with E-state index in [2.05, 4.69) is 4.72 Å². The Hall–Kier alpha value is -1.27. The Balaban J connectivity index is 2.11.